The van der Waals surface area contributed by atoms with Crippen LogP contribution in [0.3, 0.4) is 0 Å². The first-order valence-electron chi connectivity index (χ1n) is 8.16. The van der Waals surface area contributed by atoms with Crippen LogP contribution in [-0.4, -0.2) is 19.6 Å². The van der Waals surface area contributed by atoms with Gasteiger partial charge in [-0.05, 0) is 6.42 Å². The van der Waals surface area contributed by atoms with E-state index >= 15 is 0 Å². The van der Waals surface area contributed by atoms with Crippen LogP contribution >= 0.6 is 0 Å². The summed E-state index contributed by atoms with van der Waals surface area (Å²) in [5, 5.41) is 0. The van der Waals surface area contributed by atoms with Crippen molar-refractivity contribution >= 4 is 10.4 Å². The van der Waals surface area contributed by atoms with Crippen LogP contribution in [0.2, 0.25) is 0 Å². The second-order valence-corrected chi connectivity index (χ2v) is 6.53. The summed E-state index contributed by atoms with van der Waals surface area (Å²) in [5.74, 6) is 0. The van der Waals surface area contributed by atoms with Crippen LogP contribution in [0.4, 0.5) is 0 Å². The van der Waals surface area contributed by atoms with Crippen LogP contribution in [-0.2, 0) is 14.6 Å². The fourth-order valence-electron chi connectivity index (χ4n) is 2.28. The average molecular weight is 330 g/mol. The first-order chi connectivity index (χ1) is 9.56. The summed E-state index contributed by atoms with van der Waals surface area (Å²) in [4.78, 5) is 0. The van der Waals surface area contributed by atoms with Crippen molar-refractivity contribution in [1.82, 2.24) is 0 Å². The summed E-state index contributed by atoms with van der Waals surface area (Å²) in [6.45, 7) is 2.27. The molecule has 0 radical (unpaired) electrons. The summed E-state index contributed by atoms with van der Waals surface area (Å²) in [6, 6.07) is 0. The molecule has 0 amide bonds. The van der Waals surface area contributed by atoms with Crippen LogP contribution < -0.4 is 29.6 Å². The van der Waals surface area contributed by atoms with E-state index in [-0.39, 0.29) is 36.2 Å². The molecule has 122 valence electrons. The van der Waals surface area contributed by atoms with Crippen molar-refractivity contribution in [2.75, 3.05) is 6.61 Å². The molecule has 0 atom stereocenters. The third-order valence-electron chi connectivity index (χ3n) is 3.48. The maximum Gasteiger partial charge on any atom is 1.00 e. The monoisotopic (exact) mass is 330 g/mol. The number of rotatable bonds is 15. The fourth-order valence-corrected chi connectivity index (χ4v) is 2.60. The fraction of sp³-hybridized carbons (Fsp3) is 1.00. The summed E-state index contributed by atoms with van der Waals surface area (Å²) < 4.78 is 34.7. The Morgan fingerprint density at radius 2 is 1.05 bits per heavy atom. The molecule has 0 N–H and O–H groups in total. The van der Waals surface area contributed by atoms with Gasteiger partial charge in [-0.1, -0.05) is 84.0 Å². The minimum Gasteiger partial charge on any atom is -0.726 e. The van der Waals surface area contributed by atoms with Crippen molar-refractivity contribution in [3.8, 4) is 0 Å². The molecule has 0 aromatic rings. The van der Waals surface area contributed by atoms with Crippen molar-refractivity contribution in [3.05, 3.63) is 0 Å². The average Bonchev–Trinajstić information content (AvgIpc) is 2.38. The summed E-state index contributed by atoms with van der Waals surface area (Å²) in [7, 11) is -4.49. The number of hydrogen-bond donors (Lipinski definition) is 0. The van der Waals surface area contributed by atoms with Gasteiger partial charge < -0.3 is 4.55 Å². The SMILES string of the molecule is CCCCCCCCCCCCCCCOS(=O)(=O)[O-].[Na+]. The molecule has 0 saturated heterocycles. The molecule has 0 fully saturated rings. The minimum atomic E-state index is -4.49. The van der Waals surface area contributed by atoms with Gasteiger partial charge in [-0.2, -0.15) is 0 Å². The van der Waals surface area contributed by atoms with Crippen molar-refractivity contribution in [2.24, 2.45) is 0 Å². The molecule has 0 aromatic carbocycles. The van der Waals surface area contributed by atoms with E-state index in [1.807, 2.05) is 0 Å². The smallest absolute Gasteiger partial charge is 0.726 e. The zero-order chi connectivity index (χ0) is 15.1. The van der Waals surface area contributed by atoms with Crippen molar-refractivity contribution in [2.45, 2.75) is 90.4 Å². The van der Waals surface area contributed by atoms with Crippen molar-refractivity contribution < 1.29 is 46.7 Å². The van der Waals surface area contributed by atoms with E-state index in [0.29, 0.717) is 6.42 Å². The first-order valence-corrected chi connectivity index (χ1v) is 9.50. The summed E-state index contributed by atoms with van der Waals surface area (Å²) in [5.41, 5.74) is 0. The van der Waals surface area contributed by atoms with Crippen LogP contribution in [0.1, 0.15) is 90.4 Å². The van der Waals surface area contributed by atoms with Gasteiger partial charge in [0.25, 0.3) is 0 Å². The number of hydrogen-bond acceptors (Lipinski definition) is 4. The Bertz CT molecular complexity index is 294. The molecule has 21 heavy (non-hydrogen) atoms. The Morgan fingerprint density at radius 1 is 0.714 bits per heavy atom. The van der Waals surface area contributed by atoms with Gasteiger partial charge in [0, 0.05) is 0 Å². The quantitative estimate of drug-likeness (QED) is 0.198. The summed E-state index contributed by atoms with van der Waals surface area (Å²) >= 11 is 0. The van der Waals surface area contributed by atoms with Gasteiger partial charge in [0.05, 0.1) is 6.61 Å². The topological polar surface area (TPSA) is 66.4 Å². The molecule has 0 bridgehead atoms. The van der Waals surface area contributed by atoms with Crippen LogP contribution in [0.15, 0.2) is 0 Å². The molecular formula is C15H31NaO4S. The molecule has 0 saturated carbocycles. The normalized spacial score (nSPS) is 11.3. The third-order valence-corrected chi connectivity index (χ3v) is 3.93. The summed E-state index contributed by atoms with van der Waals surface area (Å²) in [6.07, 6.45) is 16.0. The maximum absolute atomic E-state index is 10.2. The maximum atomic E-state index is 10.2. The second kappa shape index (κ2) is 17.2. The Morgan fingerprint density at radius 3 is 1.38 bits per heavy atom. The molecule has 0 aliphatic heterocycles. The largest absolute Gasteiger partial charge is 1.00 e. The van der Waals surface area contributed by atoms with Gasteiger partial charge in [-0.15, -0.1) is 0 Å². The molecule has 4 nitrogen and oxygen atoms in total. The second-order valence-electron chi connectivity index (χ2n) is 5.47. The van der Waals surface area contributed by atoms with E-state index in [1.54, 1.807) is 0 Å². The molecule has 0 spiro atoms. The number of unbranched alkanes of at least 4 members (excludes halogenated alkanes) is 12. The Labute approximate surface area is 153 Å². The van der Waals surface area contributed by atoms with Gasteiger partial charge in [-0.3, -0.25) is 4.18 Å². The van der Waals surface area contributed by atoms with Gasteiger partial charge >= 0.3 is 29.6 Å². The van der Waals surface area contributed by atoms with E-state index in [9.17, 15) is 13.0 Å². The molecule has 0 rings (SSSR count). The van der Waals surface area contributed by atoms with Crippen LogP contribution in [0.5, 0.6) is 0 Å². The van der Waals surface area contributed by atoms with Gasteiger partial charge in [0.15, 0.2) is 0 Å². The molecular weight excluding hydrogens is 299 g/mol. The Hall–Kier alpha value is 0.870. The molecule has 0 unspecified atom stereocenters. The van der Waals surface area contributed by atoms with Gasteiger partial charge in [0.2, 0.25) is 10.4 Å². The van der Waals surface area contributed by atoms with Crippen LogP contribution in [0.25, 0.3) is 0 Å². The van der Waals surface area contributed by atoms with E-state index < -0.39 is 10.4 Å². The minimum absolute atomic E-state index is 0. The molecule has 0 heterocycles. The Balaban J connectivity index is 0. The molecule has 0 aromatic heterocycles. The molecule has 0 aliphatic rings. The van der Waals surface area contributed by atoms with Gasteiger partial charge in [-0.25, -0.2) is 8.42 Å². The molecule has 6 heteroatoms. The predicted octanol–water partition coefficient (Wildman–Crippen LogP) is 1.56. The van der Waals surface area contributed by atoms with Crippen LogP contribution in [0, 0.1) is 0 Å². The van der Waals surface area contributed by atoms with Crippen molar-refractivity contribution in [3.63, 3.8) is 0 Å². The van der Waals surface area contributed by atoms with Crippen molar-refractivity contribution in [1.29, 1.82) is 0 Å². The Kier molecular flexibility index (Phi) is 19.8. The molecule has 0 aliphatic carbocycles. The third kappa shape index (κ3) is 23.3. The standard InChI is InChI=1S/C15H32O4S.Na/c1-2-3-4-5-6-7-8-9-10-11-12-13-14-15-19-20(16,17)18;/h2-15H2,1H3,(H,16,17,18);/q;+1/p-1. The first kappa shape index (κ1) is 24.1. The van der Waals surface area contributed by atoms with E-state index in [4.69, 9.17) is 0 Å². The zero-order valence-corrected chi connectivity index (χ0v) is 16.8. The van der Waals surface area contributed by atoms with E-state index in [2.05, 4.69) is 11.1 Å². The van der Waals surface area contributed by atoms with E-state index in [0.717, 1.165) is 12.8 Å². The zero-order valence-electron chi connectivity index (χ0n) is 13.9. The van der Waals surface area contributed by atoms with Gasteiger partial charge in [0.1, 0.15) is 0 Å². The van der Waals surface area contributed by atoms with E-state index in [1.165, 1.54) is 64.2 Å². The predicted molar refractivity (Wildman–Crippen MR) is 81.3 cm³/mol.